The lowest BCUT2D eigenvalue weighted by atomic mass is 9.93. The minimum atomic E-state index is 0.625. The number of hydrogen-bond donors (Lipinski definition) is 0. The summed E-state index contributed by atoms with van der Waals surface area (Å²) in [5.74, 6) is 0.625. The van der Waals surface area contributed by atoms with Crippen LogP contribution >= 0.6 is 27.7 Å². The van der Waals surface area contributed by atoms with Crippen molar-refractivity contribution in [1.29, 1.82) is 0 Å². The van der Waals surface area contributed by atoms with Gasteiger partial charge in [0.1, 0.15) is 0 Å². The van der Waals surface area contributed by atoms with Crippen LogP contribution in [-0.4, -0.2) is 10.6 Å². The number of fused-ring (bicyclic) bond motifs is 1. The maximum Gasteiger partial charge on any atom is 0.0378 e. The molecule has 0 radical (unpaired) electrons. The van der Waals surface area contributed by atoms with Crippen molar-refractivity contribution in [3.63, 3.8) is 0 Å². The van der Waals surface area contributed by atoms with E-state index in [1.807, 2.05) is 11.8 Å². The molecule has 1 aliphatic heterocycles. The van der Waals surface area contributed by atoms with Crippen molar-refractivity contribution in [1.82, 2.24) is 0 Å². The number of allylic oxidation sites excluding steroid dienone is 6. The van der Waals surface area contributed by atoms with E-state index in [0.717, 1.165) is 5.33 Å². The van der Waals surface area contributed by atoms with E-state index in [2.05, 4.69) is 59.3 Å². The molecule has 0 aromatic carbocycles. The van der Waals surface area contributed by atoms with Crippen LogP contribution in [0, 0.1) is 5.92 Å². The molecule has 0 aromatic rings. The second kappa shape index (κ2) is 4.54. The third kappa shape index (κ3) is 1.91. The van der Waals surface area contributed by atoms with Crippen LogP contribution in [0.4, 0.5) is 0 Å². The molecule has 0 nitrogen and oxygen atoms in total. The van der Waals surface area contributed by atoms with E-state index in [1.54, 1.807) is 0 Å². The van der Waals surface area contributed by atoms with Crippen molar-refractivity contribution >= 4 is 27.7 Å². The zero-order valence-electron chi connectivity index (χ0n) is 8.11. The molecule has 1 aliphatic carbocycles. The summed E-state index contributed by atoms with van der Waals surface area (Å²) in [5.41, 5.74) is 1.51. The predicted molar refractivity (Wildman–Crippen MR) is 68.8 cm³/mol. The van der Waals surface area contributed by atoms with Crippen LogP contribution < -0.4 is 0 Å². The topological polar surface area (TPSA) is 0 Å². The van der Waals surface area contributed by atoms with Gasteiger partial charge >= 0.3 is 0 Å². The highest BCUT2D eigenvalue weighted by Gasteiger charge is 2.29. The zero-order chi connectivity index (χ0) is 9.97. The smallest absolute Gasteiger partial charge is 0.0378 e. The molecule has 14 heavy (non-hydrogen) atoms. The van der Waals surface area contributed by atoms with Gasteiger partial charge in [0, 0.05) is 21.4 Å². The monoisotopic (exact) mass is 268 g/mol. The van der Waals surface area contributed by atoms with E-state index in [0.29, 0.717) is 11.2 Å². The minimum absolute atomic E-state index is 0.625. The number of hydrogen-bond acceptors (Lipinski definition) is 1. The van der Waals surface area contributed by atoms with Gasteiger partial charge in [-0.15, -0.1) is 11.8 Å². The highest BCUT2D eigenvalue weighted by atomic mass is 79.9. The molecular weight excluding hydrogens is 256 g/mol. The maximum absolute atomic E-state index is 3.41. The Kier molecular flexibility index (Phi) is 3.34. The van der Waals surface area contributed by atoms with Gasteiger partial charge in [-0.05, 0) is 6.92 Å². The van der Waals surface area contributed by atoms with Gasteiger partial charge in [0.25, 0.3) is 0 Å². The largest absolute Gasteiger partial charge is 0.118 e. The van der Waals surface area contributed by atoms with Crippen LogP contribution in [0.2, 0.25) is 0 Å². The molecule has 2 atom stereocenters. The Bertz CT molecular complexity index is 336. The molecule has 0 amide bonds. The molecule has 0 saturated heterocycles. The highest BCUT2D eigenvalue weighted by molar-refractivity contribution is 9.09. The Morgan fingerprint density at radius 2 is 2.21 bits per heavy atom. The Balaban J connectivity index is 2.19. The summed E-state index contributed by atoms with van der Waals surface area (Å²) in [5, 5.41) is 1.57. The fourth-order valence-electron chi connectivity index (χ4n) is 1.82. The maximum atomic E-state index is 3.41. The molecule has 0 aromatic heterocycles. The minimum Gasteiger partial charge on any atom is -0.118 e. The van der Waals surface area contributed by atoms with Gasteiger partial charge in [-0.25, -0.2) is 0 Å². The van der Waals surface area contributed by atoms with Crippen molar-refractivity contribution in [3.05, 3.63) is 46.9 Å². The predicted octanol–water partition coefficient (Wildman–Crippen LogP) is 4.07. The second-order valence-corrected chi connectivity index (χ2v) is 5.35. The van der Waals surface area contributed by atoms with E-state index in [9.17, 15) is 0 Å². The van der Waals surface area contributed by atoms with Gasteiger partial charge in [0.05, 0.1) is 0 Å². The molecule has 74 valence electrons. The molecular formula is C12H13BrS. The van der Waals surface area contributed by atoms with Crippen molar-refractivity contribution in [3.8, 4) is 0 Å². The summed E-state index contributed by atoms with van der Waals surface area (Å²) < 4.78 is 0. The highest BCUT2D eigenvalue weighted by Crippen LogP contribution is 2.45. The van der Waals surface area contributed by atoms with Gasteiger partial charge in [0.2, 0.25) is 0 Å². The van der Waals surface area contributed by atoms with E-state index < -0.39 is 0 Å². The van der Waals surface area contributed by atoms with Crippen molar-refractivity contribution in [2.75, 3.05) is 5.33 Å². The Hall–Kier alpha value is -0.210. The molecule has 0 spiro atoms. The first kappa shape index (κ1) is 10.3. The van der Waals surface area contributed by atoms with Gasteiger partial charge < -0.3 is 0 Å². The van der Waals surface area contributed by atoms with Crippen molar-refractivity contribution in [2.45, 2.75) is 12.2 Å². The van der Waals surface area contributed by atoms with Crippen molar-refractivity contribution < 1.29 is 0 Å². The quantitative estimate of drug-likeness (QED) is 0.681. The lowest BCUT2D eigenvalue weighted by molar-refractivity contribution is 0.799. The van der Waals surface area contributed by atoms with Gasteiger partial charge in [-0.3, -0.25) is 0 Å². The first-order valence-electron chi connectivity index (χ1n) is 4.78. The van der Waals surface area contributed by atoms with Crippen LogP contribution in [0.15, 0.2) is 46.9 Å². The fraction of sp³-hybridized carbons (Fsp3) is 0.333. The average Bonchev–Trinajstić information content (AvgIpc) is 2.54. The lowest BCUT2D eigenvalue weighted by Gasteiger charge is -2.15. The lowest BCUT2D eigenvalue weighted by Crippen LogP contribution is -2.10. The van der Waals surface area contributed by atoms with Gasteiger partial charge in [-0.2, -0.15) is 0 Å². The molecule has 0 N–H and O–H groups in total. The van der Waals surface area contributed by atoms with E-state index >= 15 is 0 Å². The normalized spacial score (nSPS) is 30.4. The summed E-state index contributed by atoms with van der Waals surface area (Å²) in [7, 11) is 0. The Morgan fingerprint density at radius 3 is 2.93 bits per heavy atom. The van der Waals surface area contributed by atoms with Gasteiger partial charge in [0.15, 0.2) is 0 Å². The standard InChI is InChI=1S/C12H13BrS/c1-9-10-5-2-3-6-12(10)14-11(9)7-4-8-13/h2-7,10,12H,8H2,1H3/b7-4-. The van der Waals surface area contributed by atoms with Crippen LogP contribution in [0.1, 0.15) is 6.92 Å². The number of alkyl halides is 1. The molecule has 2 rings (SSSR count). The first-order chi connectivity index (χ1) is 6.83. The average molecular weight is 269 g/mol. The van der Waals surface area contributed by atoms with Crippen LogP contribution in [0.5, 0.6) is 0 Å². The molecule has 0 saturated carbocycles. The third-order valence-electron chi connectivity index (χ3n) is 2.59. The number of rotatable bonds is 2. The molecule has 1 heterocycles. The van der Waals surface area contributed by atoms with Crippen LogP contribution in [0.3, 0.4) is 0 Å². The summed E-state index contributed by atoms with van der Waals surface area (Å²) in [6.45, 7) is 2.25. The van der Waals surface area contributed by atoms with Gasteiger partial charge in [-0.1, -0.05) is 58.0 Å². The summed E-state index contributed by atoms with van der Waals surface area (Å²) in [4.78, 5) is 1.44. The number of halogens is 1. The zero-order valence-corrected chi connectivity index (χ0v) is 10.5. The molecule has 2 aliphatic rings. The second-order valence-electron chi connectivity index (χ2n) is 3.48. The van der Waals surface area contributed by atoms with Crippen LogP contribution in [0.25, 0.3) is 0 Å². The third-order valence-corrected chi connectivity index (χ3v) is 4.40. The summed E-state index contributed by atoms with van der Waals surface area (Å²) in [6, 6.07) is 0. The fourth-order valence-corrected chi connectivity index (χ4v) is 3.40. The Morgan fingerprint density at radius 1 is 1.43 bits per heavy atom. The first-order valence-corrected chi connectivity index (χ1v) is 6.78. The summed E-state index contributed by atoms with van der Waals surface area (Å²) in [6.07, 6.45) is 13.3. The molecule has 0 fully saturated rings. The van der Waals surface area contributed by atoms with E-state index in [1.165, 1.54) is 10.5 Å². The number of thioether (sulfide) groups is 1. The van der Waals surface area contributed by atoms with Crippen molar-refractivity contribution in [2.24, 2.45) is 5.92 Å². The van der Waals surface area contributed by atoms with E-state index in [-0.39, 0.29) is 0 Å². The SMILES string of the molecule is CC1=C(/C=C\CBr)SC2C=CC=CC12. The molecule has 2 unspecified atom stereocenters. The van der Waals surface area contributed by atoms with Crippen LogP contribution in [-0.2, 0) is 0 Å². The molecule has 2 heteroatoms. The van der Waals surface area contributed by atoms with E-state index in [4.69, 9.17) is 0 Å². The summed E-state index contributed by atoms with van der Waals surface area (Å²) >= 11 is 5.38. The molecule has 0 bridgehead atoms. The Labute approximate surface area is 98.0 Å².